The summed E-state index contributed by atoms with van der Waals surface area (Å²) in [6.45, 7) is 14.6. The lowest BCUT2D eigenvalue weighted by atomic mass is 9.85. The van der Waals surface area contributed by atoms with Crippen LogP contribution in [0.4, 0.5) is 9.59 Å². The summed E-state index contributed by atoms with van der Waals surface area (Å²) in [4.78, 5) is 71.5. The summed E-state index contributed by atoms with van der Waals surface area (Å²) in [5, 5.41) is 5.38. The molecule has 2 heterocycles. The SMILES string of the molecule is C=CC1CC1(NC(=O)C1CC(OC(=O)N2CCc3ccccc3C2)CN1C(=O)C(NC(=O)OC(C)(C)C)C(C)(C)C)C(=O)NS(=O)(=O)c1ccc(OC)cc1. The molecule has 0 radical (unpaired) electrons. The first kappa shape index (κ1) is 41.1. The number of ether oxygens (including phenoxy) is 3. The van der Waals surface area contributed by atoms with E-state index in [4.69, 9.17) is 14.2 Å². The summed E-state index contributed by atoms with van der Waals surface area (Å²) in [5.74, 6) is -2.60. The number of nitrogens with zero attached hydrogens (tertiary/aromatic N) is 2. The van der Waals surface area contributed by atoms with Gasteiger partial charge in [0.05, 0.1) is 18.6 Å². The van der Waals surface area contributed by atoms with Crippen LogP contribution in [0.15, 0.2) is 66.1 Å². The van der Waals surface area contributed by atoms with Crippen LogP contribution in [0.2, 0.25) is 0 Å². The second kappa shape index (κ2) is 15.6. The maximum Gasteiger partial charge on any atom is 0.410 e. The summed E-state index contributed by atoms with van der Waals surface area (Å²) in [6, 6.07) is 10.8. The van der Waals surface area contributed by atoms with E-state index in [-0.39, 0.29) is 24.3 Å². The topological polar surface area (TPSA) is 190 Å². The van der Waals surface area contributed by atoms with Crippen molar-refractivity contribution < 1.29 is 46.6 Å². The van der Waals surface area contributed by atoms with Gasteiger partial charge in [0.15, 0.2) is 0 Å². The number of amides is 5. The zero-order chi connectivity index (χ0) is 40.5. The lowest BCUT2D eigenvalue weighted by molar-refractivity contribution is -0.143. The molecule has 0 spiro atoms. The first-order valence-electron chi connectivity index (χ1n) is 18.2. The van der Waals surface area contributed by atoms with E-state index in [0.29, 0.717) is 25.3 Å². The molecule has 5 rings (SSSR count). The van der Waals surface area contributed by atoms with Crippen LogP contribution in [0.5, 0.6) is 5.75 Å². The highest BCUT2D eigenvalue weighted by Gasteiger charge is 2.61. The minimum atomic E-state index is -4.36. The summed E-state index contributed by atoms with van der Waals surface area (Å²) in [6.07, 6.45) is -0.377. The van der Waals surface area contributed by atoms with Crippen molar-refractivity contribution in [2.45, 2.75) is 102 Å². The Bertz CT molecular complexity index is 1940. The van der Waals surface area contributed by atoms with Gasteiger partial charge in [-0.15, -0.1) is 6.58 Å². The summed E-state index contributed by atoms with van der Waals surface area (Å²) in [5.41, 5.74) is -1.29. The number of sulfonamides is 1. The molecule has 3 aliphatic rings. The van der Waals surface area contributed by atoms with Crippen LogP contribution >= 0.6 is 0 Å². The smallest absolute Gasteiger partial charge is 0.410 e. The van der Waals surface area contributed by atoms with Crippen LogP contribution < -0.4 is 20.1 Å². The van der Waals surface area contributed by atoms with Gasteiger partial charge in [-0.25, -0.2) is 22.7 Å². The van der Waals surface area contributed by atoms with Crippen LogP contribution in [-0.4, -0.2) is 97.7 Å². The fraction of sp³-hybridized carbons (Fsp3) is 0.513. The highest BCUT2D eigenvalue weighted by molar-refractivity contribution is 7.90. The minimum Gasteiger partial charge on any atom is -0.497 e. The third-order valence-corrected chi connectivity index (χ3v) is 11.3. The lowest BCUT2D eigenvalue weighted by Crippen LogP contribution is -2.60. The largest absolute Gasteiger partial charge is 0.497 e. The summed E-state index contributed by atoms with van der Waals surface area (Å²) in [7, 11) is -2.93. The molecular weight excluding hydrogens is 731 g/mol. The molecule has 0 aromatic heterocycles. The highest BCUT2D eigenvalue weighted by atomic mass is 32.2. The van der Waals surface area contributed by atoms with Gasteiger partial charge < -0.3 is 34.6 Å². The standard InChI is InChI=1S/C39H51N5O10S/c1-9-26-21-39(26,34(47)42-55(50,51)29-16-14-27(52-8)15-17-29)41-32(45)30-20-28(53-36(49)43-19-18-24-12-10-11-13-25(24)22-43)23-44(30)33(46)31(37(2,3)4)40-35(48)54-38(5,6)7/h9-17,26,28,30-31H,1,18-23H2,2-8H3,(H,40,48)(H,41,45)(H,42,47). The Morgan fingerprint density at radius 1 is 0.982 bits per heavy atom. The van der Waals surface area contributed by atoms with Gasteiger partial charge in [-0.05, 0) is 74.4 Å². The molecule has 2 fully saturated rings. The lowest BCUT2D eigenvalue weighted by Gasteiger charge is -2.36. The molecule has 15 nitrogen and oxygen atoms in total. The van der Waals surface area contributed by atoms with E-state index >= 15 is 0 Å². The van der Waals surface area contributed by atoms with Crippen LogP contribution in [-0.2, 0) is 46.8 Å². The molecule has 2 aromatic carbocycles. The van der Waals surface area contributed by atoms with Crippen LogP contribution in [0.3, 0.4) is 0 Å². The van der Waals surface area contributed by atoms with Gasteiger partial charge in [-0.2, -0.15) is 0 Å². The Morgan fingerprint density at radius 2 is 1.64 bits per heavy atom. The molecule has 5 amide bonds. The van der Waals surface area contributed by atoms with Gasteiger partial charge in [0.1, 0.15) is 35.1 Å². The zero-order valence-electron chi connectivity index (χ0n) is 32.3. The number of fused-ring (bicyclic) bond motifs is 1. The number of rotatable bonds is 10. The van der Waals surface area contributed by atoms with Crippen molar-refractivity contribution in [3.63, 3.8) is 0 Å². The van der Waals surface area contributed by atoms with Crippen LogP contribution in [0.1, 0.15) is 65.5 Å². The number of hydrogen-bond acceptors (Lipinski definition) is 10. The minimum absolute atomic E-state index is 0.0482. The number of carbonyl (C=O) groups is 5. The second-order valence-electron chi connectivity index (χ2n) is 16.3. The van der Waals surface area contributed by atoms with Gasteiger partial charge >= 0.3 is 12.2 Å². The maximum absolute atomic E-state index is 14.4. The normalized spacial score (nSPS) is 22.7. The zero-order valence-corrected chi connectivity index (χ0v) is 33.2. The van der Waals surface area contributed by atoms with E-state index in [0.717, 1.165) is 11.1 Å². The van der Waals surface area contributed by atoms with E-state index in [1.807, 2.05) is 24.3 Å². The number of nitrogens with one attached hydrogen (secondary N) is 3. The van der Waals surface area contributed by atoms with Gasteiger partial charge in [-0.1, -0.05) is 51.1 Å². The van der Waals surface area contributed by atoms with Crippen molar-refractivity contribution in [1.29, 1.82) is 0 Å². The molecular formula is C39H51N5O10S. The molecule has 2 aliphatic heterocycles. The van der Waals surface area contributed by atoms with Gasteiger partial charge in [0.2, 0.25) is 11.8 Å². The Kier molecular flexibility index (Phi) is 11.6. The van der Waals surface area contributed by atoms with Gasteiger partial charge in [0, 0.05) is 25.4 Å². The molecule has 5 atom stereocenters. The number of methoxy groups -OCH3 is 1. The number of hydrogen-bond donors (Lipinski definition) is 3. The first-order chi connectivity index (χ1) is 25.7. The number of benzene rings is 2. The molecule has 1 saturated carbocycles. The average Bonchev–Trinajstić information content (AvgIpc) is 3.67. The van der Waals surface area contributed by atoms with E-state index < -0.39 is 80.6 Å². The molecule has 16 heteroatoms. The molecule has 298 valence electrons. The Hall–Kier alpha value is -5.12. The number of carbonyl (C=O) groups excluding carboxylic acids is 5. The van der Waals surface area contributed by atoms with E-state index in [1.54, 1.807) is 46.4 Å². The maximum atomic E-state index is 14.4. The molecule has 2 aromatic rings. The van der Waals surface area contributed by atoms with E-state index in [2.05, 4.69) is 21.9 Å². The monoisotopic (exact) mass is 781 g/mol. The predicted molar refractivity (Wildman–Crippen MR) is 201 cm³/mol. The number of alkyl carbamates (subject to hydrolysis) is 1. The van der Waals surface area contributed by atoms with Crippen LogP contribution in [0.25, 0.3) is 0 Å². The quantitative estimate of drug-likeness (QED) is 0.300. The average molecular weight is 782 g/mol. The van der Waals surface area contributed by atoms with E-state index in [1.165, 1.54) is 42.4 Å². The Balaban J connectivity index is 1.39. The summed E-state index contributed by atoms with van der Waals surface area (Å²) < 4.78 is 45.0. The van der Waals surface area contributed by atoms with E-state index in [9.17, 15) is 32.4 Å². The third-order valence-electron chi connectivity index (χ3n) is 9.93. The molecule has 0 bridgehead atoms. The Morgan fingerprint density at radius 3 is 2.22 bits per heavy atom. The highest BCUT2D eigenvalue weighted by Crippen LogP contribution is 2.45. The molecule has 5 unspecified atom stereocenters. The molecule has 55 heavy (non-hydrogen) atoms. The van der Waals surface area contributed by atoms with Crippen molar-refractivity contribution in [2.24, 2.45) is 11.3 Å². The fourth-order valence-corrected chi connectivity index (χ4v) is 7.89. The summed E-state index contributed by atoms with van der Waals surface area (Å²) >= 11 is 0. The fourth-order valence-electron chi connectivity index (χ4n) is 6.85. The van der Waals surface area contributed by atoms with Crippen molar-refractivity contribution >= 4 is 39.9 Å². The van der Waals surface area contributed by atoms with Crippen molar-refractivity contribution in [3.8, 4) is 5.75 Å². The predicted octanol–water partition coefficient (Wildman–Crippen LogP) is 3.66. The molecule has 3 N–H and O–H groups in total. The van der Waals surface area contributed by atoms with Crippen molar-refractivity contribution in [2.75, 3.05) is 20.2 Å². The number of likely N-dealkylation sites (tertiary alicyclic amines) is 1. The van der Waals surface area contributed by atoms with Crippen molar-refractivity contribution in [1.82, 2.24) is 25.2 Å². The third kappa shape index (κ3) is 9.40. The Labute approximate surface area is 322 Å². The molecule has 1 aliphatic carbocycles. The molecule has 1 saturated heterocycles. The van der Waals surface area contributed by atoms with Gasteiger partial charge in [0.25, 0.3) is 15.9 Å². The van der Waals surface area contributed by atoms with Crippen molar-refractivity contribution in [3.05, 3.63) is 72.3 Å². The first-order valence-corrected chi connectivity index (χ1v) is 19.6. The van der Waals surface area contributed by atoms with Gasteiger partial charge in [-0.3, -0.25) is 14.4 Å². The second-order valence-corrected chi connectivity index (χ2v) is 17.9. The van der Waals surface area contributed by atoms with Crippen LogP contribution in [0, 0.1) is 11.3 Å².